The van der Waals surface area contributed by atoms with Gasteiger partial charge in [-0.15, -0.1) is 0 Å². The van der Waals surface area contributed by atoms with Crippen LogP contribution in [-0.4, -0.2) is 23.1 Å². The van der Waals surface area contributed by atoms with Crippen LogP contribution in [0.2, 0.25) is 0 Å². The van der Waals surface area contributed by atoms with Crippen molar-refractivity contribution in [3.05, 3.63) is 12.2 Å². The van der Waals surface area contributed by atoms with E-state index in [4.69, 9.17) is 0 Å². The van der Waals surface area contributed by atoms with Gasteiger partial charge in [-0.1, -0.05) is 0 Å². The molecule has 0 aromatic carbocycles. The summed E-state index contributed by atoms with van der Waals surface area (Å²) in [5.41, 5.74) is -1.28. The van der Waals surface area contributed by atoms with E-state index < -0.39 is 23.1 Å². The fourth-order valence-corrected chi connectivity index (χ4v) is 0.497. The molecular weight excluding hydrogens is 272 g/mol. The van der Waals surface area contributed by atoms with Gasteiger partial charge in [0, 0.05) is 12.2 Å². The molecule has 0 spiro atoms. The molecule has 0 radical (unpaired) electrons. The Morgan fingerprint density at radius 2 is 1.00 bits per heavy atom. The lowest BCUT2D eigenvalue weighted by Crippen LogP contribution is -2.21. The Hall–Kier alpha value is -1.48. The SMILES string of the molecule is CC(C)(C)OOOC(=O)C=CC(=O)OOOC(C)(C)C. The summed E-state index contributed by atoms with van der Waals surface area (Å²) in [6.07, 6.45) is 1.55. The van der Waals surface area contributed by atoms with E-state index in [-0.39, 0.29) is 0 Å². The molecule has 8 heteroatoms. The topological polar surface area (TPSA) is 89.5 Å². The summed E-state index contributed by atoms with van der Waals surface area (Å²) in [5, 5.41) is 8.42. The number of hydrogen-bond acceptors (Lipinski definition) is 8. The molecule has 0 amide bonds. The van der Waals surface area contributed by atoms with Crippen LogP contribution in [0.3, 0.4) is 0 Å². The molecule has 20 heavy (non-hydrogen) atoms. The molecule has 0 aromatic rings. The van der Waals surface area contributed by atoms with E-state index in [9.17, 15) is 9.59 Å². The summed E-state index contributed by atoms with van der Waals surface area (Å²) >= 11 is 0. The normalized spacial score (nSPS) is 12.5. The molecule has 0 saturated heterocycles. The zero-order valence-corrected chi connectivity index (χ0v) is 12.4. The summed E-state index contributed by atoms with van der Waals surface area (Å²) in [7, 11) is 0. The van der Waals surface area contributed by atoms with Gasteiger partial charge in [-0.2, -0.15) is 9.78 Å². The van der Waals surface area contributed by atoms with Crippen LogP contribution in [0.25, 0.3) is 0 Å². The summed E-state index contributed by atoms with van der Waals surface area (Å²) in [6.45, 7) is 10.2. The third-order valence-electron chi connectivity index (χ3n) is 1.16. The zero-order valence-electron chi connectivity index (χ0n) is 12.4. The molecule has 8 nitrogen and oxygen atoms in total. The van der Waals surface area contributed by atoms with Crippen LogP contribution in [0.15, 0.2) is 12.2 Å². The van der Waals surface area contributed by atoms with Gasteiger partial charge in [0.2, 0.25) is 0 Å². The van der Waals surface area contributed by atoms with E-state index in [0.717, 1.165) is 12.2 Å². The van der Waals surface area contributed by atoms with E-state index in [1.165, 1.54) is 0 Å². The Morgan fingerprint density at radius 3 is 1.25 bits per heavy atom. The fourth-order valence-electron chi connectivity index (χ4n) is 0.497. The van der Waals surface area contributed by atoms with Crippen LogP contribution in [0, 0.1) is 0 Å². The second kappa shape index (κ2) is 7.95. The Morgan fingerprint density at radius 1 is 0.700 bits per heavy atom. The number of hydrogen-bond donors (Lipinski definition) is 0. The minimum absolute atomic E-state index is 0.638. The van der Waals surface area contributed by atoms with Crippen molar-refractivity contribution in [2.24, 2.45) is 0 Å². The molecule has 0 unspecified atom stereocenters. The minimum atomic E-state index is -0.956. The average molecular weight is 292 g/mol. The smallest absolute Gasteiger partial charge is 0.264 e. The monoisotopic (exact) mass is 292 g/mol. The van der Waals surface area contributed by atoms with Crippen LogP contribution in [0.5, 0.6) is 0 Å². The summed E-state index contributed by atoms with van der Waals surface area (Å²) < 4.78 is 0. The third-order valence-corrected chi connectivity index (χ3v) is 1.16. The van der Waals surface area contributed by atoms with Gasteiger partial charge in [-0.05, 0) is 51.6 Å². The average Bonchev–Trinajstić information content (AvgIpc) is 2.22. The Balaban J connectivity index is 3.86. The van der Waals surface area contributed by atoms with Crippen LogP contribution >= 0.6 is 0 Å². The maximum Gasteiger partial charge on any atom is 0.369 e. The van der Waals surface area contributed by atoms with Crippen molar-refractivity contribution >= 4 is 11.9 Å². The van der Waals surface area contributed by atoms with Crippen molar-refractivity contribution in [2.45, 2.75) is 52.7 Å². The maximum absolute atomic E-state index is 11.1. The van der Waals surface area contributed by atoms with E-state index in [1.807, 2.05) is 0 Å². The van der Waals surface area contributed by atoms with Gasteiger partial charge in [0.25, 0.3) is 0 Å². The first-order chi connectivity index (χ1) is 8.99. The standard InChI is InChI=1S/C12H20O8/c1-11(2,3)17-19-15-9(13)7-8-10(14)16-20-18-12(4,5)6/h7-8H,1-6H3. The molecule has 0 bridgehead atoms. The lowest BCUT2D eigenvalue weighted by atomic mass is 10.2. The predicted octanol–water partition coefficient (Wildman–Crippen LogP) is 1.95. The first-order valence-corrected chi connectivity index (χ1v) is 5.80. The summed E-state index contributed by atoms with van der Waals surface area (Å²) in [4.78, 5) is 39.9. The van der Waals surface area contributed by atoms with Crippen molar-refractivity contribution < 1.29 is 39.2 Å². The van der Waals surface area contributed by atoms with E-state index in [0.29, 0.717) is 0 Å². The Bertz CT molecular complexity index is 313. The number of carbonyl (C=O) groups excluding carboxylic acids is 2. The first-order valence-electron chi connectivity index (χ1n) is 5.80. The molecule has 116 valence electrons. The second-order valence-electron chi connectivity index (χ2n) is 5.67. The lowest BCUT2D eigenvalue weighted by molar-refractivity contribution is -0.513. The molecule has 0 aliphatic rings. The highest BCUT2D eigenvalue weighted by molar-refractivity contribution is 5.91. The highest BCUT2D eigenvalue weighted by Gasteiger charge is 2.14. The highest BCUT2D eigenvalue weighted by atomic mass is 17.5. The molecule has 0 fully saturated rings. The van der Waals surface area contributed by atoms with Gasteiger partial charge in [0.15, 0.2) is 0 Å². The van der Waals surface area contributed by atoms with Gasteiger partial charge >= 0.3 is 11.9 Å². The van der Waals surface area contributed by atoms with Crippen LogP contribution in [-0.2, 0) is 39.2 Å². The molecule has 0 atom stereocenters. The number of carbonyl (C=O) groups is 2. The van der Waals surface area contributed by atoms with E-state index in [1.54, 1.807) is 41.5 Å². The van der Waals surface area contributed by atoms with Gasteiger partial charge < -0.3 is 0 Å². The Labute approximate surface area is 117 Å². The van der Waals surface area contributed by atoms with Crippen LogP contribution in [0.4, 0.5) is 0 Å². The molecule has 0 N–H and O–H groups in total. The maximum atomic E-state index is 11.1. The van der Waals surface area contributed by atoms with Gasteiger partial charge in [0.05, 0.1) is 11.2 Å². The zero-order chi connectivity index (χ0) is 15.8. The largest absolute Gasteiger partial charge is 0.369 e. The van der Waals surface area contributed by atoms with Gasteiger partial charge in [0.1, 0.15) is 0 Å². The first kappa shape index (κ1) is 18.5. The van der Waals surface area contributed by atoms with Crippen molar-refractivity contribution in [2.75, 3.05) is 0 Å². The molecule has 0 aliphatic heterocycles. The van der Waals surface area contributed by atoms with Gasteiger partial charge in [-0.3, -0.25) is 9.78 Å². The molecule has 0 rings (SSSR count). The second-order valence-corrected chi connectivity index (χ2v) is 5.67. The molecule has 0 aliphatic carbocycles. The van der Waals surface area contributed by atoms with Crippen molar-refractivity contribution in [1.82, 2.24) is 0 Å². The summed E-state index contributed by atoms with van der Waals surface area (Å²) in [5.74, 6) is -1.91. The minimum Gasteiger partial charge on any atom is -0.264 e. The van der Waals surface area contributed by atoms with Crippen LogP contribution in [0.1, 0.15) is 41.5 Å². The quantitative estimate of drug-likeness (QED) is 0.417. The third kappa shape index (κ3) is 13.0. The molecule has 0 saturated carbocycles. The molecule has 0 heterocycles. The summed E-state index contributed by atoms with van der Waals surface area (Å²) in [6, 6.07) is 0. The number of rotatable bonds is 6. The Kier molecular flexibility index (Phi) is 7.36. The van der Waals surface area contributed by atoms with Crippen molar-refractivity contribution in [1.29, 1.82) is 0 Å². The van der Waals surface area contributed by atoms with E-state index in [2.05, 4.69) is 29.6 Å². The molecule has 0 aromatic heterocycles. The van der Waals surface area contributed by atoms with E-state index >= 15 is 0 Å². The van der Waals surface area contributed by atoms with Crippen LogP contribution < -0.4 is 0 Å². The van der Waals surface area contributed by atoms with Crippen molar-refractivity contribution in [3.8, 4) is 0 Å². The molecular formula is C12H20O8. The fraction of sp³-hybridized carbons (Fsp3) is 0.667. The van der Waals surface area contributed by atoms with Crippen molar-refractivity contribution in [3.63, 3.8) is 0 Å². The predicted molar refractivity (Wildman–Crippen MR) is 65.2 cm³/mol. The van der Waals surface area contributed by atoms with Gasteiger partial charge in [-0.25, -0.2) is 9.59 Å². The lowest BCUT2D eigenvalue weighted by Gasteiger charge is -2.15. The highest BCUT2D eigenvalue weighted by Crippen LogP contribution is 2.08.